The van der Waals surface area contributed by atoms with Gasteiger partial charge >= 0.3 is 0 Å². The van der Waals surface area contributed by atoms with E-state index in [1.54, 1.807) is 9.58 Å². The van der Waals surface area contributed by atoms with E-state index in [9.17, 15) is 14.4 Å². The second kappa shape index (κ2) is 11.6. The fourth-order valence-corrected chi connectivity index (χ4v) is 4.80. The van der Waals surface area contributed by atoms with E-state index in [0.29, 0.717) is 43.2 Å². The second-order valence-corrected chi connectivity index (χ2v) is 10.3. The minimum absolute atomic E-state index is 0.122. The van der Waals surface area contributed by atoms with Crippen LogP contribution in [0.2, 0.25) is 0 Å². The predicted molar refractivity (Wildman–Crippen MR) is 143 cm³/mol. The molecule has 2 aliphatic rings. The van der Waals surface area contributed by atoms with Crippen LogP contribution in [0.25, 0.3) is 0 Å². The van der Waals surface area contributed by atoms with Crippen LogP contribution < -0.4 is 20.1 Å². The molecule has 10 heteroatoms. The topological polar surface area (TPSA) is 115 Å². The summed E-state index contributed by atoms with van der Waals surface area (Å²) in [7, 11) is 0. The number of rotatable bonds is 9. The molecule has 0 aliphatic carbocycles. The molecule has 2 aliphatic heterocycles. The molecular weight excluding hydrogens is 498 g/mol. The van der Waals surface area contributed by atoms with Gasteiger partial charge in [0.05, 0.1) is 0 Å². The predicted octanol–water partition coefficient (Wildman–Crippen LogP) is 3.12. The van der Waals surface area contributed by atoms with Crippen LogP contribution in [-0.2, 0) is 24.4 Å². The maximum absolute atomic E-state index is 13.3. The van der Waals surface area contributed by atoms with Crippen molar-refractivity contribution in [3.63, 3.8) is 0 Å². The number of amides is 3. The molecule has 1 unspecified atom stereocenters. The van der Waals surface area contributed by atoms with Crippen LogP contribution in [0.5, 0.6) is 11.5 Å². The van der Waals surface area contributed by atoms with E-state index in [4.69, 9.17) is 9.47 Å². The number of carbonyl (C=O) groups excluding carboxylic acids is 3. The lowest BCUT2D eigenvalue weighted by Gasteiger charge is -2.20. The molecule has 0 saturated heterocycles. The number of hydrogen-bond donors (Lipinski definition) is 2. The van der Waals surface area contributed by atoms with E-state index in [1.165, 1.54) is 6.07 Å². The summed E-state index contributed by atoms with van der Waals surface area (Å²) in [5.74, 6) is 0.546. The van der Waals surface area contributed by atoms with E-state index in [0.717, 1.165) is 17.5 Å². The van der Waals surface area contributed by atoms with Gasteiger partial charge in [-0.15, -0.1) is 0 Å². The highest BCUT2D eigenvalue weighted by Crippen LogP contribution is 2.32. The van der Waals surface area contributed by atoms with Crippen LogP contribution in [0.4, 0.5) is 0 Å². The second-order valence-electron chi connectivity index (χ2n) is 10.3. The SMILES string of the molecule is CC(C)CC(NC(=O)c1cc2n(n1)CCCN(Cc1ccccc1)C2=O)C(=O)NCc1ccc2c(c1)OCO2. The summed E-state index contributed by atoms with van der Waals surface area (Å²) in [6, 6.07) is 16.1. The molecule has 39 heavy (non-hydrogen) atoms. The van der Waals surface area contributed by atoms with Crippen molar-refractivity contribution in [2.45, 2.75) is 52.4 Å². The first-order valence-electron chi connectivity index (χ1n) is 13.3. The Morgan fingerprint density at radius 2 is 1.79 bits per heavy atom. The summed E-state index contributed by atoms with van der Waals surface area (Å²) in [5.41, 5.74) is 2.40. The average Bonchev–Trinajstić information content (AvgIpc) is 3.55. The lowest BCUT2D eigenvalue weighted by atomic mass is 10.0. The van der Waals surface area contributed by atoms with Crippen molar-refractivity contribution >= 4 is 17.7 Å². The number of ether oxygens (including phenoxy) is 2. The molecule has 1 atom stereocenters. The van der Waals surface area contributed by atoms with Gasteiger partial charge in [-0.2, -0.15) is 5.10 Å². The van der Waals surface area contributed by atoms with Crippen LogP contribution in [-0.4, -0.2) is 51.8 Å². The molecule has 1 aromatic heterocycles. The molecule has 204 valence electrons. The molecule has 0 radical (unpaired) electrons. The summed E-state index contributed by atoms with van der Waals surface area (Å²) in [6.45, 7) is 6.08. The first-order valence-corrected chi connectivity index (χ1v) is 13.3. The number of aryl methyl sites for hydroxylation is 1. The zero-order valence-electron chi connectivity index (χ0n) is 22.2. The highest BCUT2D eigenvalue weighted by atomic mass is 16.7. The van der Waals surface area contributed by atoms with E-state index in [2.05, 4.69) is 15.7 Å². The summed E-state index contributed by atoms with van der Waals surface area (Å²) < 4.78 is 12.3. The number of nitrogens with zero attached hydrogens (tertiary/aromatic N) is 3. The van der Waals surface area contributed by atoms with Gasteiger partial charge in [0.1, 0.15) is 11.7 Å². The minimum atomic E-state index is -0.752. The standard InChI is InChI=1S/C29H33N5O5/c1-19(2)13-22(27(35)30-16-21-9-10-25-26(14-21)39-18-38-25)31-28(36)23-15-24-29(37)33(11-6-12-34(24)32-23)17-20-7-4-3-5-8-20/h3-5,7-10,14-15,19,22H,6,11-13,16-18H2,1-2H3,(H,30,35)(H,31,36). The minimum Gasteiger partial charge on any atom is -0.454 e. The van der Waals surface area contributed by atoms with Crippen LogP contribution in [0.1, 0.15) is 58.8 Å². The third-order valence-corrected chi connectivity index (χ3v) is 6.77. The Bertz CT molecular complexity index is 1350. The van der Waals surface area contributed by atoms with E-state index >= 15 is 0 Å². The van der Waals surface area contributed by atoms with Crippen molar-refractivity contribution in [3.05, 3.63) is 77.1 Å². The molecule has 3 amide bonds. The fourth-order valence-electron chi connectivity index (χ4n) is 4.80. The number of nitrogens with one attached hydrogen (secondary N) is 2. The fraction of sp³-hybridized carbons (Fsp3) is 0.379. The molecule has 0 bridgehead atoms. The molecule has 3 heterocycles. The zero-order chi connectivity index (χ0) is 27.4. The van der Waals surface area contributed by atoms with Crippen LogP contribution in [0.3, 0.4) is 0 Å². The molecular formula is C29H33N5O5. The van der Waals surface area contributed by atoms with Gasteiger partial charge in [0.2, 0.25) is 12.7 Å². The number of carbonyl (C=O) groups is 3. The average molecular weight is 532 g/mol. The molecule has 10 nitrogen and oxygen atoms in total. The Labute approximate surface area is 227 Å². The quantitative estimate of drug-likeness (QED) is 0.439. The molecule has 0 fully saturated rings. The summed E-state index contributed by atoms with van der Waals surface area (Å²) in [4.78, 5) is 41.4. The Morgan fingerprint density at radius 3 is 2.59 bits per heavy atom. The van der Waals surface area contributed by atoms with Gasteiger partial charge in [0.15, 0.2) is 17.2 Å². The van der Waals surface area contributed by atoms with Crippen molar-refractivity contribution in [3.8, 4) is 11.5 Å². The van der Waals surface area contributed by atoms with Gasteiger partial charge in [0.25, 0.3) is 11.8 Å². The maximum atomic E-state index is 13.3. The van der Waals surface area contributed by atoms with Crippen molar-refractivity contribution < 1.29 is 23.9 Å². The molecule has 0 saturated carbocycles. The molecule has 2 aromatic carbocycles. The van der Waals surface area contributed by atoms with Gasteiger partial charge in [-0.25, -0.2) is 0 Å². The van der Waals surface area contributed by atoms with Crippen LogP contribution in [0, 0.1) is 5.92 Å². The van der Waals surface area contributed by atoms with Crippen molar-refractivity contribution in [1.82, 2.24) is 25.3 Å². The van der Waals surface area contributed by atoms with Gasteiger partial charge in [0, 0.05) is 32.2 Å². The number of benzene rings is 2. The first kappa shape index (κ1) is 26.3. The normalized spacial score (nSPS) is 15.1. The Balaban J connectivity index is 1.25. The van der Waals surface area contributed by atoms with Crippen LogP contribution in [0.15, 0.2) is 54.6 Å². The summed E-state index contributed by atoms with van der Waals surface area (Å²) in [6.07, 6.45) is 1.18. The Morgan fingerprint density at radius 1 is 1.00 bits per heavy atom. The molecule has 2 N–H and O–H groups in total. The third-order valence-electron chi connectivity index (χ3n) is 6.77. The summed E-state index contributed by atoms with van der Waals surface area (Å²) >= 11 is 0. The number of aromatic nitrogens is 2. The largest absolute Gasteiger partial charge is 0.454 e. The monoisotopic (exact) mass is 531 g/mol. The lowest BCUT2D eigenvalue weighted by Crippen LogP contribution is -2.47. The van der Waals surface area contributed by atoms with Gasteiger partial charge < -0.3 is 25.0 Å². The lowest BCUT2D eigenvalue weighted by molar-refractivity contribution is -0.123. The van der Waals surface area contributed by atoms with E-state index in [1.807, 2.05) is 62.4 Å². The van der Waals surface area contributed by atoms with Gasteiger partial charge in [-0.3, -0.25) is 19.1 Å². The highest BCUT2D eigenvalue weighted by Gasteiger charge is 2.28. The Hall–Kier alpha value is -4.34. The van der Waals surface area contributed by atoms with Gasteiger partial charge in [-0.1, -0.05) is 50.2 Å². The highest BCUT2D eigenvalue weighted by molar-refractivity contribution is 5.99. The molecule has 3 aromatic rings. The van der Waals surface area contributed by atoms with Crippen molar-refractivity contribution in [1.29, 1.82) is 0 Å². The number of hydrogen-bond acceptors (Lipinski definition) is 6. The van der Waals surface area contributed by atoms with Crippen molar-refractivity contribution in [2.24, 2.45) is 5.92 Å². The molecule has 0 spiro atoms. The smallest absolute Gasteiger partial charge is 0.272 e. The number of fused-ring (bicyclic) bond motifs is 2. The Kier molecular flexibility index (Phi) is 7.81. The molecule has 5 rings (SSSR count). The van der Waals surface area contributed by atoms with Gasteiger partial charge in [-0.05, 0) is 42.0 Å². The van der Waals surface area contributed by atoms with E-state index in [-0.39, 0.29) is 36.8 Å². The zero-order valence-corrected chi connectivity index (χ0v) is 22.2. The third kappa shape index (κ3) is 6.22. The summed E-state index contributed by atoms with van der Waals surface area (Å²) in [5, 5.41) is 10.2. The van der Waals surface area contributed by atoms with E-state index < -0.39 is 11.9 Å². The van der Waals surface area contributed by atoms with Crippen molar-refractivity contribution in [2.75, 3.05) is 13.3 Å². The van der Waals surface area contributed by atoms with Crippen LogP contribution >= 0.6 is 0 Å². The first-order chi connectivity index (χ1) is 18.9. The maximum Gasteiger partial charge on any atom is 0.272 e.